The highest BCUT2D eigenvalue weighted by Gasteiger charge is 2.25. The van der Waals surface area contributed by atoms with E-state index < -0.39 is 29.4 Å². The topological polar surface area (TPSA) is 73.3 Å². The van der Waals surface area contributed by atoms with Crippen LogP contribution in [-0.4, -0.2) is 28.3 Å². The van der Waals surface area contributed by atoms with Gasteiger partial charge in [-0.25, -0.2) is 18.6 Å². The van der Waals surface area contributed by atoms with Crippen molar-refractivity contribution < 1.29 is 23.0 Å². The van der Waals surface area contributed by atoms with E-state index in [2.05, 4.69) is 38.1 Å². The summed E-state index contributed by atoms with van der Waals surface area (Å²) in [6.45, 7) is 7.89. The van der Waals surface area contributed by atoms with Crippen molar-refractivity contribution in [1.29, 1.82) is 0 Å². The van der Waals surface area contributed by atoms with Gasteiger partial charge in [0.1, 0.15) is 17.2 Å². The highest BCUT2D eigenvalue weighted by Crippen LogP contribution is 2.33. The number of alkyl carbamates (subject to hydrolysis) is 1. The lowest BCUT2D eigenvalue weighted by molar-refractivity contribution is 0.0502. The fraction of sp³-hybridized carbons (Fsp3) is 0.435. The second-order valence-electron chi connectivity index (χ2n) is 8.54. The Morgan fingerprint density at radius 3 is 2.52 bits per heavy atom. The minimum atomic E-state index is -0.731. The van der Waals surface area contributed by atoms with Crippen molar-refractivity contribution in [2.75, 3.05) is 6.61 Å². The number of rotatable bonds is 8. The first-order valence-corrected chi connectivity index (χ1v) is 12.2. The van der Waals surface area contributed by atoms with Crippen LogP contribution in [0.25, 0.3) is 10.3 Å². The quantitative estimate of drug-likeness (QED) is 0.320. The third-order valence-corrected chi connectivity index (χ3v) is 5.99. The summed E-state index contributed by atoms with van der Waals surface area (Å²) in [5.41, 5.74) is 0.576. The third kappa shape index (κ3) is 7.33. The molecule has 10 heteroatoms. The third-order valence-electron chi connectivity index (χ3n) is 4.45. The Morgan fingerprint density at radius 1 is 1.18 bits per heavy atom. The zero-order valence-electron chi connectivity index (χ0n) is 18.9. The van der Waals surface area contributed by atoms with Gasteiger partial charge in [0.2, 0.25) is 0 Å². The molecule has 0 saturated carbocycles. The minimum absolute atomic E-state index is 0.0923. The maximum atomic E-state index is 13.8. The number of pyridine rings is 1. The Balaban J connectivity index is 1.95. The molecule has 0 aliphatic rings. The number of halogens is 3. The van der Waals surface area contributed by atoms with Crippen molar-refractivity contribution in [1.82, 2.24) is 15.3 Å². The Morgan fingerprint density at radius 2 is 1.88 bits per heavy atom. The normalized spacial score (nSPS) is 12.6. The van der Waals surface area contributed by atoms with Gasteiger partial charge >= 0.3 is 6.09 Å². The summed E-state index contributed by atoms with van der Waals surface area (Å²) in [6, 6.07) is 4.36. The van der Waals surface area contributed by atoms with Crippen LogP contribution >= 0.6 is 27.3 Å². The lowest BCUT2D eigenvalue weighted by Gasteiger charge is -2.24. The van der Waals surface area contributed by atoms with Crippen LogP contribution in [0, 0.1) is 11.6 Å². The fourth-order valence-electron chi connectivity index (χ4n) is 3.08. The molecule has 178 valence electrons. The summed E-state index contributed by atoms with van der Waals surface area (Å²) in [5.74, 6) is -1.39. The summed E-state index contributed by atoms with van der Waals surface area (Å²) in [7, 11) is 0. The summed E-state index contributed by atoms with van der Waals surface area (Å²) in [5, 5.41) is 3.29. The van der Waals surface area contributed by atoms with Gasteiger partial charge in [0.15, 0.2) is 5.65 Å². The van der Waals surface area contributed by atoms with E-state index in [1.165, 1.54) is 23.5 Å². The predicted octanol–water partition coefficient (Wildman–Crippen LogP) is 6.72. The second kappa shape index (κ2) is 10.7. The molecule has 3 aromatic rings. The lowest BCUT2D eigenvalue weighted by atomic mass is 10.0. The number of thiazole rings is 1. The standard InChI is InChI=1S/C23H26BrF2N3O3S/c1-5-6-7-31-22-29-20-18(33-22)12-16(24)19(28-20)17(27-21(30)32-23(2,3)4)10-13-8-14(25)11-15(26)9-13/h8-9,11-12,17H,5-7,10H2,1-4H3,(H,27,30)/t17-/m0/s1. The number of unbranched alkanes of at least 4 members (excludes halogenated alkanes) is 1. The highest BCUT2D eigenvalue weighted by atomic mass is 79.9. The summed E-state index contributed by atoms with van der Waals surface area (Å²) < 4.78 is 40.1. The van der Waals surface area contributed by atoms with Crippen LogP contribution in [0.2, 0.25) is 0 Å². The van der Waals surface area contributed by atoms with E-state index in [1.807, 2.05) is 6.07 Å². The van der Waals surface area contributed by atoms with E-state index in [4.69, 9.17) is 9.47 Å². The van der Waals surface area contributed by atoms with Gasteiger partial charge in [-0.15, -0.1) is 0 Å². The molecule has 33 heavy (non-hydrogen) atoms. The summed E-state index contributed by atoms with van der Waals surface area (Å²) >= 11 is 4.90. The molecule has 2 aromatic heterocycles. The van der Waals surface area contributed by atoms with Gasteiger partial charge < -0.3 is 14.8 Å². The molecule has 0 saturated heterocycles. The van der Waals surface area contributed by atoms with Crippen LogP contribution in [0.3, 0.4) is 0 Å². The highest BCUT2D eigenvalue weighted by molar-refractivity contribution is 9.10. The van der Waals surface area contributed by atoms with Gasteiger partial charge in [-0.3, -0.25) is 0 Å². The number of hydrogen-bond donors (Lipinski definition) is 1. The summed E-state index contributed by atoms with van der Waals surface area (Å²) in [6.07, 6.45) is 1.36. The van der Waals surface area contributed by atoms with Crippen LogP contribution in [0.5, 0.6) is 5.19 Å². The first-order chi connectivity index (χ1) is 15.5. The molecular formula is C23H26BrF2N3O3S. The molecule has 1 atom stereocenters. The SMILES string of the molecule is CCCCOc1nc2nc([C@H](Cc3cc(F)cc(F)c3)NC(=O)OC(C)(C)C)c(Br)cc2s1. The first-order valence-electron chi connectivity index (χ1n) is 10.6. The number of fused-ring (bicyclic) bond motifs is 1. The molecule has 2 heterocycles. The van der Waals surface area contributed by atoms with Gasteiger partial charge in [0.05, 0.1) is 23.0 Å². The van der Waals surface area contributed by atoms with E-state index >= 15 is 0 Å². The predicted molar refractivity (Wildman–Crippen MR) is 128 cm³/mol. The van der Waals surface area contributed by atoms with Crippen LogP contribution in [0.1, 0.15) is 57.8 Å². The van der Waals surface area contributed by atoms with Gasteiger partial charge in [-0.2, -0.15) is 4.98 Å². The fourth-order valence-corrected chi connectivity index (χ4v) is 4.64. The number of carbonyl (C=O) groups is 1. The molecule has 0 aliphatic carbocycles. The Labute approximate surface area is 203 Å². The van der Waals surface area contributed by atoms with Crippen molar-refractivity contribution in [3.63, 3.8) is 0 Å². The monoisotopic (exact) mass is 541 g/mol. The number of amides is 1. The molecule has 1 amide bonds. The number of benzene rings is 1. The van der Waals surface area contributed by atoms with E-state index in [0.29, 0.717) is 33.2 Å². The number of nitrogens with zero attached hydrogens (tertiary/aromatic N) is 2. The molecule has 0 fully saturated rings. The number of ether oxygens (including phenoxy) is 2. The van der Waals surface area contributed by atoms with Crippen LogP contribution in [-0.2, 0) is 11.2 Å². The molecule has 0 spiro atoms. The average Bonchev–Trinajstić information content (AvgIpc) is 3.06. The number of aromatic nitrogens is 2. The van der Waals surface area contributed by atoms with E-state index in [9.17, 15) is 13.6 Å². The molecule has 0 aliphatic heterocycles. The average molecular weight is 542 g/mol. The van der Waals surface area contributed by atoms with Gasteiger partial charge in [0, 0.05) is 10.5 Å². The van der Waals surface area contributed by atoms with Gasteiger partial charge in [-0.1, -0.05) is 24.7 Å². The van der Waals surface area contributed by atoms with Gasteiger partial charge in [0.25, 0.3) is 5.19 Å². The second-order valence-corrected chi connectivity index (χ2v) is 10.4. The largest absolute Gasteiger partial charge is 0.470 e. The van der Waals surface area contributed by atoms with Crippen molar-refractivity contribution in [2.24, 2.45) is 0 Å². The Bertz CT molecular complexity index is 1110. The number of hydrogen-bond acceptors (Lipinski definition) is 6. The van der Waals surface area contributed by atoms with E-state index in [1.54, 1.807) is 20.8 Å². The minimum Gasteiger partial charge on any atom is -0.470 e. The molecular weight excluding hydrogens is 516 g/mol. The first kappa shape index (κ1) is 25.3. The van der Waals surface area contributed by atoms with Crippen LogP contribution < -0.4 is 10.1 Å². The number of nitrogens with one attached hydrogen (secondary N) is 1. The molecule has 6 nitrogen and oxygen atoms in total. The molecule has 0 bridgehead atoms. The Kier molecular flexibility index (Phi) is 8.23. The number of carbonyl (C=O) groups excluding carboxylic acids is 1. The molecule has 1 aromatic carbocycles. The Hall–Kier alpha value is -2.33. The molecule has 0 unspecified atom stereocenters. The molecule has 3 rings (SSSR count). The van der Waals surface area contributed by atoms with Gasteiger partial charge in [-0.05, 0) is 73.3 Å². The van der Waals surface area contributed by atoms with Crippen LogP contribution in [0.4, 0.5) is 13.6 Å². The van der Waals surface area contributed by atoms with Crippen molar-refractivity contribution in [3.05, 3.63) is 51.6 Å². The van der Waals surface area contributed by atoms with Crippen molar-refractivity contribution >= 4 is 43.7 Å². The van der Waals surface area contributed by atoms with Crippen LogP contribution in [0.15, 0.2) is 28.7 Å². The summed E-state index contributed by atoms with van der Waals surface area (Å²) in [4.78, 5) is 21.6. The van der Waals surface area contributed by atoms with E-state index in [-0.39, 0.29) is 6.42 Å². The molecule has 1 N–H and O–H groups in total. The van der Waals surface area contributed by atoms with Crippen molar-refractivity contribution in [3.8, 4) is 5.19 Å². The van der Waals surface area contributed by atoms with E-state index in [0.717, 1.165) is 23.6 Å². The molecule has 0 radical (unpaired) electrons. The zero-order chi connectivity index (χ0) is 24.2. The lowest BCUT2D eigenvalue weighted by Crippen LogP contribution is -2.36. The maximum Gasteiger partial charge on any atom is 0.408 e. The maximum absolute atomic E-state index is 13.8. The smallest absolute Gasteiger partial charge is 0.408 e. The van der Waals surface area contributed by atoms with Crippen molar-refractivity contribution in [2.45, 2.75) is 58.6 Å². The zero-order valence-corrected chi connectivity index (χ0v) is 21.3.